The predicted octanol–water partition coefficient (Wildman–Crippen LogP) is 14.5. The zero-order valence-corrected chi connectivity index (χ0v) is 30.4. The molecule has 0 aliphatic heterocycles. The highest BCUT2D eigenvalue weighted by Crippen LogP contribution is 2.52. The van der Waals surface area contributed by atoms with Crippen LogP contribution in [0.4, 0.5) is 0 Å². The van der Waals surface area contributed by atoms with Crippen molar-refractivity contribution in [1.29, 1.82) is 0 Å². The SMILES string of the molecule is CC1(C)c2cc(-c3ccc(-n4c5ccc(-c6ccccc6)cc5c5cc(-c6ccccc6)ccc54)cc3)ccc2-c2cc3sc4ccccc4c3cc21. The third-order valence-electron chi connectivity index (χ3n) is 11.6. The van der Waals surface area contributed by atoms with Gasteiger partial charge in [0, 0.05) is 42.0 Å². The second-order valence-corrected chi connectivity index (χ2v) is 16.0. The Kier molecular flexibility index (Phi) is 6.53. The van der Waals surface area contributed by atoms with Crippen molar-refractivity contribution in [3.8, 4) is 50.2 Å². The highest BCUT2D eigenvalue weighted by molar-refractivity contribution is 7.25. The molecule has 1 nitrogen and oxygen atoms in total. The number of fused-ring (bicyclic) bond motifs is 9. The standard InChI is InChI=1S/C51H35NS/c1-51(2)45-29-37(19-24-39(45)41-31-50-44(30-46(41)51)40-15-9-10-16-49(40)53-50)34-17-22-38(23-18-34)52-47-25-20-35(32-11-5-3-6-12-32)27-42(47)43-28-36(21-26-48(43)52)33-13-7-4-8-14-33/h3-31H,1-2H3. The van der Waals surface area contributed by atoms with E-state index >= 15 is 0 Å². The Bertz CT molecular complexity index is 2960. The fraction of sp³-hybridized carbons (Fsp3) is 0.0588. The second kappa shape index (κ2) is 11.4. The molecular formula is C51H35NS. The first-order valence-electron chi connectivity index (χ1n) is 18.4. The largest absolute Gasteiger partial charge is 0.309 e. The molecule has 0 unspecified atom stereocenters. The summed E-state index contributed by atoms with van der Waals surface area (Å²) in [6.07, 6.45) is 0. The molecule has 0 radical (unpaired) electrons. The topological polar surface area (TPSA) is 4.93 Å². The zero-order valence-electron chi connectivity index (χ0n) is 29.6. The Balaban J connectivity index is 1.01. The van der Waals surface area contributed by atoms with Crippen molar-refractivity contribution in [2.45, 2.75) is 19.3 Å². The number of thiophene rings is 1. The first-order chi connectivity index (χ1) is 26.0. The van der Waals surface area contributed by atoms with Gasteiger partial charge in [-0.1, -0.05) is 129 Å². The lowest BCUT2D eigenvalue weighted by Crippen LogP contribution is -2.15. The Hall–Kier alpha value is -6.22. The third-order valence-corrected chi connectivity index (χ3v) is 12.7. The minimum Gasteiger partial charge on any atom is -0.309 e. The van der Waals surface area contributed by atoms with E-state index in [0.717, 1.165) is 5.69 Å². The molecule has 53 heavy (non-hydrogen) atoms. The van der Waals surface area contributed by atoms with E-state index in [0.29, 0.717) is 0 Å². The van der Waals surface area contributed by atoms with E-state index in [1.165, 1.54) is 97.6 Å². The Morgan fingerprint density at radius 2 is 0.906 bits per heavy atom. The lowest BCUT2D eigenvalue weighted by molar-refractivity contribution is 0.661. The highest BCUT2D eigenvalue weighted by atomic mass is 32.1. The summed E-state index contributed by atoms with van der Waals surface area (Å²) < 4.78 is 5.15. The molecule has 0 saturated carbocycles. The Labute approximate surface area is 313 Å². The summed E-state index contributed by atoms with van der Waals surface area (Å²) in [6, 6.07) is 65.2. The van der Waals surface area contributed by atoms with E-state index in [9.17, 15) is 0 Å². The van der Waals surface area contributed by atoms with Crippen molar-refractivity contribution in [1.82, 2.24) is 4.57 Å². The minimum absolute atomic E-state index is 0.0853. The van der Waals surface area contributed by atoms with Crippen LogP contribution in [0.3, 0.4) is 0 Å². The summed E-state index contributed by atoms with van der Waals surface area (Å²) in [5.41, 5.74) is 16.5. The Morgan fingerprint density at radius 1 is 0.377 bits per heavy atom. The van der Waals surface area contributed by atoms with Crippen LogP contribution >= 0.6 is 11.3 Å². The first-order valence-corrected chi connectivity index (χ1v) is 19.2. The van der Waals surface area contributed by atoms with Crippen LogP contribution in [0.15, 0.2) is 176 Å². The van der Waals surface area contributed by atoms with E-state index in [1.807, 2.05) is 11.3 Å². The van der Waals surface area contributed by atoms with Gasteiger partial charge in [0.15, 0.2) is 0 Å². The van der Waals surface area contributed by atoms with Crippen LogP contribution in [0.25, 0.3) is 92.2 Å². The lowest BCUT2D eigenvalue weighted by atomic mass is 9.81. The van der Waals surface area contributed by atoms with Crippen LogP contribution in [-0.4, -0.2) is 4.57 Å². The summed E-state index contributed by atoms with van der Waals surface area (Å²) in [6.45, 7) is 4.78. The molecule has 250 valence electrons. The molecule has 0 amide bonds. The minimum atomic E-state index is -0.0853. The van der Waals surface area contributed by atoms with E-state index < -0.39 is 0 Å². The molecule has 2 heterocycles. The van der Waals surface area contributed by atoms with Gasteiger partial charge in [0.05, 0.1) is 11.0 Å². The van der Waals surface area contributed by atoms with Gasteiger partial charge < -0.3 is 4.57 Å². The van der Waals surface area contributed by atoms with Crippen molar-refractivity contribution in [3.63, 3.8) is 0 Å². The zero-order chi connectivity index (χ0) is 35.3. The second-order valence-electron chi connectivity index (χ2n) is 15.0. The monoisotopic (exact) mass is 693 g/mol. The number of hydrogen-bond donors (Lipinski definition) is 0. The maximum Gasteiger partial charge on any atom is 0.0541 e. The molecule has 11 rings (SSSR count). The van der Waals surface area contributed by atoms with Crippen LogP contribution in [0, 0.1) is 0 Å². The summed E-state index contributed by atoms with van der Waals surface area (Å²) >= 11 is 1.90. The van der Waals surface area contributed by atoms with Crippen LogP contribution in [0.2, 0.25) is 0 Å². The van der Waals surface area contributed by atoms with Crippen molar-refractivity contribution in [2.24, 2.45) is 0 Å². The number of nitrogens with zero attached hydrogens (tertiary/aromatic N) is 1. The normalized spacial score (nSPS) is 13.2. The fourth-order valence-corrected chi connectivity index (χ4v) is 9.98. The molecule has 0 saturated heterocycles. The average Bonchev–Trinajstić information content (AvgIpc) is 3.82. The molecule has 0 N–H and O–H groups in total. The number of rotatable bonds is 4. The Morgan fingerprint density at radius 3 is 1.57 bits per heavy atom. The summed E-state index contributed by atoms with van der Waals surface area (Å²) in [4.78, 5) is 0. The van der Waals surface area contributed by atoms with Crippen molar-refractivity contribution < 1.29 is 0 Å². The molecule has 0 atom stereocenters. The van der Waals surface area contributed by atoms with Gasteiger partial charge in [0.1, 0.15) is 0 Å². The van der Waals surface area contributed by atoms with Gasteiger partial charge in [0.25, 0.3) is 0 Å². The van der Waals surface area contributed by atoms with Gasteiger partial charge in [-0.25, -0.2) is 0 Å². The summed E-state index contributed by atoms with van der Waals surface area (Å²) in [5.74, 6) is 0. The van der Waals surface area contributed by atoms with E-state index in [4.69, 9.17) is 0 Å². The molecular weight excluding hydrogens is 659 g/mol. The summed E-state index contributed by atoms with van der Waals surface area (Å²) in [5, 5.41) is 5.26. The fourth-order valence-electron chi connectivity index (χ4n) is 8.86. The van der Waals surface area contributed by atoms with Crippen LogP contribution in [0.1, 0.15) is 25.0 Å². The first kappa shape index (κ1) is 30.4. The van der Waals surface area contributed by atoms with Gasteiger partial charge >= 0.3 is 0 Å². The molecule has 1 aliphatic carbocycles. The maximum atomic E-state index is 2.47. The quantitative estimate of drug-likeness (QED) is 0.173. The van der Waals surface area contributed by atoms with Gasteiger partial charge in [-0.15, -0.1) is 11.3 Å². The molecule has 0 fully saturated rings. The van der Waals surface area contributed by atoms with E-state index in [-0.39, 0.29) is 5.41 Å². The van der Waals surface area contributed by atoms with Gasteiger partial charge in [-0.2, -0.15) is 0 Å². The van der Waals surface area contributed by atoms with Crippen LogP contribution in [-0.2, 0) is 5.41 Å². The van der Waals surface area contributed by atoms with Crippen LogP contribution in [0.5, 0.6) is 0 Å². The number of hydrogen-bond acceptors (Lipinski definition) is 1. The molecule has 10 aromatic rings. The lowest BCUT2D eigenvalue weighted by Gasteiger charge is -2.22. The van der Waals surface area contributed by atoms with Crippen LogP contribution < -0.4 is 0 Å². The maximum absolute atomic E-state index is 2.47. The number of benzene rings is 8. The summed E-state index contributed by atoms with van der Waals surface area (Å²) in [7, 11) is 0. The van der Waals surface area contributed by atoms with Crippen molar-refractivity contribution >= 4 is 53.3 Å². The molecule has 2 heteroatoms. The van der Waals surface area contributed by atoms with Crippen molar-refractivity contribution in [2.75, 3.05) is 0 Å². The van der Waals surface area contributed by atoms with Gasteiger partial charge in [0.2, 0.25) is 0 Å². The third kappa shape index (κ3) is 4.62. The van der Waals surface area contributed by atoms with Gasteiger partial charge in [-0.3, -0.25) is 0 Å². The molecule has 0 spiro atoms. The highest BCUT2D eigenvalue weighted by Gasteiger charge is 2.36. The van der Waals surface area contributed by atoms with E-state index in [2.05, 4.69) is 194 Å². The molecule has 2 aromatic heterocycles. The van der Waals surface area contributed by atoms with Crippen molar-refractivity contribution in [3.05, 3.63) is 187 Å². The molecule has 1 aliphatic rings. The number of aromatic nitrogens is 1. The predicted molar refractivity (Wildman–Crippen MR) is 228 cm³/mol. The molecule has 0 bridgehead atoms. The average molecular weight is 694 g/mol. The molecule has 8 aromatic carbocycles. The smallest absolute Gasteiger partial charge is 0.0541 e. The van der Waals surface area contributed by atoms with E-state index in [1.54, 1.807) is 0 Å². The van der Waals surface area contributed by atoms with Gasteiger partial charge in [-0.05, 0) is 116 Å².